The van der Waals surface area contributed by atoms with Crippen molar-refractivity contribution in [2.45, 2.75) is 17.8 Å². The highest BCUT2D eigenvalue weighted by Gasteiger charge is 2.46. The number of aromatic nitrogens is 1. The van der Waals surface area contributed by atoms with Gasteiger partial charge >= 0.3 is 0 Å². The van der Waals surface area contributed by atoms with E-state index in [1.165, 1.54) is 93.4 Å². The van der Waals surface area contributed by atoms with Gasteiger partial charge in [-0.05, 0) is 116 Å². The van der Waals surface area contributed by atoms with E-state index in [9.17, 15) is 0 Å². The number of nitrogens with zero attached hydrogens (tertiary/aromatic N) is 2. The Morgan fingerprint density at radius 3 is 1.75 bits per heavy atom. The van der Waals surface area contributed by atoms with Crippen LogP contribution >= 0.6 is 0 Å². The lowest BCUT2D eigenvalue weighted by molar-refractivity contribution is 0.768. The van der Waals surface area contributed by atoms with Gasteiger partial charge in [0.05, 0.1) is 27.8 Å². The van der Waals surface area contributed by atoms with Gasteiger partial charge in [0.1, 0.15) is 0 Å². The predicted molar refractivity (Wildman–Crippen MR) is 299 cm³/mol. The smallest absolute Gasteiger partial charge is 0.0713 e. The van der Waals surface area contributed by atoms with Gasteiger partial charge in [0.25, 0.3) is 0 Å². The predicted octanol–water partition coefficient (Wildman–Crippen LogP) is 18.1. The summed E-state index contributed by atoms with van der Waals surface area (Å²) in [6.45, 7) is 0. The maximum absolute atomic E-state index is 2.51. The quantitative estimate of drug-likeness (QED) is 0.147. The maximum Gasteiger partial charge on any atom is 0.0713 e. The Morgan fingerprint density at radius 1 is 0.423 bits per heavy atom. The van der Waals surface area contributed by atoms with E-state index in [2.05, 4.69) is 282 Å². The highest BCUT2D eigenvalue weighted by atomic mass is 15.1. The molecule has 14 rings (SSSR count). The van der Waals surface area contributed by atoms with Crippen molar-refractivity contribution in [3.05, 3.63) is 306 Å². The van der Waals surface area contributed by atoms with Gasteiger partial charge in [-0.2, -0.15) is 0 Å². The standard InChI is InChI=1S/C69H48N2/c1-3-25-51(26-4-1)69(52-27-5-2-6-28-52)63-36-15-13-34-59(63)62-46-54(41-43-64(62)69)71-67-37-16-14-35-60(67)61-42-40-50(45-68(61)71)56-31-12-11-30-55(56)49-24-17-29-53(44-49)70(65-38-18-22-47-20-7-9-32-57(47)65)66-39-19-23-48-21-8-10-33-58(48)66/h1-30,32-46,56H,31H2. The van der Waals surface area contributed by atoms with Gasteiger partial charge in [0.15, 0.2) is 0 Å². The number of allylic oxidation sites excluding steroid dienone is 4. The van der Waals surface area contributed by atoms with Crippen molar-refractivity contribution in [3.63, 3.8) is 0 Å². The highest BCUT2D eigenvalue weighted by Crippen LogP contribution is 2.57. The van der Waals surface area contributed by atoms with E-state index >= 15 is 0 Å². The molecule has 11 aromatic carbocycles. The van der Waals surface area contributed by atoms with Crippen LogP contribution in [0.5, 0.6) is 0 Å². The van der Waals surface area contributed by atoms with Crippen LogP contribution in [0.25, 0.3) is 65.7 Å². The monoisotopic (exact) mass is 904 g/mol. The molecule has 0 amide bonds. The molecule has 0 aliphatic heterocycles. The van der Waals surface area contributed by atoms with Gasteiger partial charge < -0.3 is 9.47 Å². The fourth-order valence-corrected chi connectivity index (χ4v) is 12.3. The van der Waals surface area contributed by atoms with Crippen molar-refractivity contribution < 1.29 is 0 Å². The van der Waals surface area contributed by atoms with Crippen molar-refractivity contribution >= 4 is 66.0 Å². The van der Waals surface area contributed by atoms with Crippen molar-refractivity contribution in [1.29, 1.82) is 0 Å². The lowest BCUT2D eigenvalue weighted by Crippen LogP contribution is -2.28. The second-order valence-corrected chi connectivity index (χ2v) is 19.1. The second kappa shape index (κ2) is 16.6. The van der Waals surface area contributed by atoms with Crippen LogP contribution in [0.3, 0.4) is 0 Å². The normalized spacial score (nSPS) is 14.7. The average molecular weight is 905 g/mol. The largest absolute Gasteiger partial charge is 0.309 e. The van der Waals surface area contributed by atoms with Crippen LogP contribution in [0.1, 0.15) is 45.7 Å². The van der Waals surface area contributed by atoms with Crippen LogP contribution in [0.15, 0.2) is 273 Å². The molecule has 2 nitrogen and oxygen atoms in total. The molecule has 12 aromatic rings. The molecule has 2 aliphatic rings. The Bertz CT molecular complexity index is 3970. The fraction of sp³-hybridized carbons (Fsp3) is 0.0435. The molecule has 0 N–H and O–H groups in total. The number of fused-ring (bicyclic) bond motifs is 8. The number of para-hydroxylation sites is 1. The Balaban J connectivity index is 0.912. The molecule has 0 fully saturated rings. The molecule has 1 unspecified atom stereocenters. The Hall–Kier alpha value is -8.98. The van der Waals surface area contributed by atoms with Gasteiger partial charge in [-0.25, -0.2) is 0 Å². The van der Waals surface area contributed by atoms with E-state index < -0.39 is 5.41 Å². The van der Waals surface area contributed by atoms with Gasteiger partial charge in [-0.15, -0.1) is 0 Å². The fourth-order valence-electron chi connectivity index (χ4n) is 12.3. The highest BCUT2D eigenvalue weighted by molar-refractivity contribution is 6.10. The number of benzene rings is 11. The van der Waals surface area contributed by atoms with E-state index in [0.29, 0.717) is 0 Å². The van der Waals surface area contributed by atoms with E-state index in [1.807, 2.05) is 0 Å². The molecule has 2 aliphatic carbocycles. The lowest BCUT2D eigenvalue weighted by atomic mass is 9.68. The molecule has 1 aromatic heterocycles. The molecule has 1 heterocycles. The minimum atomic E-state index is -0.448. The maximum atomic E-state index is 2.51. The third kappa shape index (κ3) is 6.42. The zero-order valence-electron chi connectivity index (χ0n) is 39.2. The van der Waals surface area contributed by atoms with Gasteiger partial charge in [0.2, 0.25) is 0 Å². The molecular weight excluding hydrogens is 857 g/mol. The molecule has 0 spiro atoms. The molecule has 0 saturated carbocycles. The number of hydrogen-bond acceptors (Lipinski definition) is 1. The minimum absolute atomic E-state index is 0.152. The number of hydrogen-bond donors (Lipinski definition) is 0. The summed E-state index contributed by atoms with van der Waals surface area (Å²) in [6, 6.07) is 94.6. The Kier molecular flexibility index (Phi) is 9.60. The van der Waals surface area contributed by atoms with Crippen LogP contribution < -0.4 is 4.90 Å². The van der Waals surface area contributed by atoms with Crippen LogP contribution in [-0.2, 0) is 5.41 Å². The van der Waals surface area contributed by atoms with Gasteiger partial charge in [0, 0.05) is 38.8 Å². The first-order chi connectivity index (χ1) is 35.2. The first-order valence-corrected chi connectivity index (χ1v) is 24.9. The summed E-state index contributed by atoms with van der Waals surface area (Å²) in [5.74, 6) is 0.152. The Labute approximate surface area is 414 Å². The van der Waals surface area contributed by atoms with E-state index in [4.69, 9.17) is 0 Å². The van der Waals surface area contributed by atoms with Crippen LogP contribution in [0, 0.1) is 0 Å². The summed E-state index contributed by atoms with van der Waals surface area (Å²) in [5.41, 5.74) is 18.2. The van der Waals surface area contributed by atoms with Crippen molar-refractivity contribution in [1.82, 2.24) is 4.57 Å². The van der Waals surface area contributed by atoms with Gasteiger partial charge in [-0.1, -0.05) is 224 Å². The summed E-state index contributed by atoms with van der Waals surface area (Å²) >= 11 is 0. The average Bonchev–Trinajstić information content (AvgIpc) is 3.94. The van der Waals surface area contributed by atoms with Gasteiger partial charge in [-0.3, -0.25) is 0 Å². The molecule has 334 valence electrons. The molecular formula is C69H48N2. The Morgan fingerprint density at radius 2 is 1.01 bits per heavy atom. The summed E-state index contributed by atoms with van der Waals surface area (Å²) in [4.78, 5) is 2.46. The summed E-state index contributed by atoms with van der Waals surface area (Å²) in [6.07, 6.45) is 7.83. The molecule has 0 radical (unpaired) electrons. The van der Waals surface area contributed by atoms with Crippen molar-refractivity contribution in [2.75, 3.05) is 4.90 Å². The van der Waals surface area contributed by atoms with Crippen LogP contribution in [0.2, 0.25) is 0 Å². The first kappa shape index (κ1) is 41.0. The van der Waals surface area contributed by atoms with Crippen LogP contribution in [0.4, 0.5) is 17.1 Å². The summed E-state index contributed by atoms with van der Waals surface area (Å²) in [7, 11) is 0. The topological polar surface area (TPSA) is 8.17 Å². The van der Waals surface area contributed by atoms with Crippen molar-refractivity contribution in [3.8, 4) is 16.8 Å². The summed E-state index contributed by atoms with van der Waals surface area (Å²) in [5, 5.41) is 7.39. The zero-order valence-corrected chi connectivity index (χ0v) is 39.2. The number of anilines is 3. The number of rotatable bonds is 8. The second-order valence-electron chi connectivity index (χ2n) is 19.1. The van der Waals surface area contributed by atoms with E-state index in [-0.39, 0.29) is 5.92 Å². The van der Waals surface area contributed by atoms with E-state index in [1.54, 1.807) is 0 Å². The molecule has 0 saturated heterocycles. The zero-order chi connectivity index (χ0) is 46.9. The summed E-state index contributed by atoms with van der Waals surface area (Å²) < 4.78 is 2.51. The first-order valence-electron chi connectivity index (χ1n) is 24.9. The van der Waals surface area contributed by atoms with E-state index in [0.717, 1.165) is 29.2 Å². The van der Waals surface area contributed by atoms with Crippen LogP contribution in [-0.4, -0.2) is 4.57 Å². The third-order valence-corrected chi connectivity index (χ3v) is 15.4. The molecule has 0 bridgehead atoms. The third-order valence-electron chi connectivity index (χ3n) is 15.4. The van der Waals surface area contributed by atoms with Crippen molar-refractivity contribution in [2.24, 2.45) is 0 Å². The molecule has 1 atom stereocenters. The lowest BCUT2D eigenvalue weighted by Gasteiger charge is -2.33. The minimum Gasteiger partial charge on any atom is -0.309 e. The molecule has 2 heteroatoms. The molecule has 71 heavy (non-hydrogen) atoms. The SMILES string of the molecule is C1=CCC(c2ccc3c4ccccc4n(-c4ccc5c(c4)-c4ccccc4C5(c4ccccc4)c4ccccc4)c3c2)C(c2cccc(N(c3cccc4ccccc34)c3cccc4ccccc34)c2)=C1.